The number of amides is 2. The SMILES string of the molecule is C#CCOc1ccc(-c2cnc3c(Nc4ccc(C(=O)N5CCN(C(=O)OC(C)(C)C)CC5)c(C)c4)nccn23)c(F)c1F. The van der Waals surface area contributed by atoms with Gasteiger partial charge in [0.2, 0.25) is 5.82 Å². The van der Waals surface area contributed by atoms with E-state index in [1.54, 1.807) is 32.5 Å². The summed E-state index contributed by atoms with van der Waals surface area (Å²) >= 11 is 0. The van der Waals surface area contributed by atoms with Gasteiger partial charge in [0.1, 0.15) is 12.2 Å². The number of rotatable bonds is 6. The van der Waals surface area contributed by atoms with Gasteiger partial charge in [-0.3, -0.25) is 9.20 Å². The van der Waals surface area contributed by atoms with Crippen LogP contribution in [0.2, 0.25) is 0 Å². The van der Waals surface area contributed by atoms with Crippen LogP contribution in [0.15, 0.2) is 48.9 Å². The van der Waals surface area contributed by atoms with Crippen LogP contribution in [-0.4, -0.2) is 74.6 Å². The van der Waals surface area contributed by atoms with Crippen LogP contribution in [0.4, 0.5) is 25.1 Å². The topological polar surface area (TPSA) is 101 Å². The third-order valence-electron chi connectivity index (χ3n) is 7.00. The van der Waals surface area contributed by atoms with Crippen molar-refractivity contribution in [2.45, 2.75) is 33.3 Å². The summed E-state index contributed by atoms with van der Waals surface area (Å²) < 4.78 is 41.7. The van der Waals surface area contributed by atoms with Gasteiger partial charge in [0.15, 0.2) is 23.0 Å². The summed E-state index contributed by atoms with van der Waals surface area (Å²) in [6.45, 7) is 8.68. The van der Waals surface area contributed by atoms with Gasteiger partial charge in [0.25, 0.3) is 5.91 Å². The van der Waals surface area contributed by atoms with Crippen molar-refractivity contribution in [1.29, 1.82) is 0 Å². The number of carbonyl (C=O) groups is 2. The fourth-order valence-corrected chi connectivity index (χ4v) is 4.87. The van der Waals surface area contributed by atoms with Crippen molar-refractivity contribution in [3.63, 3.8) is 0 Å². The molecule has 0 radical (unpaired) electrons. The van der Waals surface area contributed by atoms with Gasteiger partial charge < -0.3 is 24.6 Å². The van der Waals surface area contributed by atoms with Gasteiger partial charge in [-0.05, 0) is 63.6 Å². The number of nitrogens with one attached hydrogen (secondary N) is 1. The molecule has 1 N–H and O–H groups in total. The molecule has 4 aromatic rings. The van der Waals surface area contributed by atoms with E-state index < -0.39 is 17.2 Å². The van der Waals surface area contributed by atoms with Gasteiger partial charge in [-0.1, -0.05) is 5.92 Å². The number of aromatic nitrogens is 3. The molecule has 0 unspecified atom stereocenters. The molecule has 2 aromatic carbocycles. The first-order chi connectivity index (χ1) is 21.0. The Labute approximate surface area is 253 Å². The summed E-state index contributed by atoms with van der Waals surface area (Å²) in [5.41, 5.74) is 2.06. The molecule has 0 spiro atoms. The maximum absolute atomic E-state index is 15.0. The predicted octanol–water partition coefficient (Wildman–Crippen LogP) is 5.43. The molecular formula is C32H32F2N6O4. The van der Waals surface area contributed by atoms with Crippen LogP contribution in [0.1, 0.15) is 36.7 Å². The minimum atomic E-state index is -1.14. The first-order valence-electron chi connectivity index (χ1n) is 14.0. The average molecular weight is 603 g/mol. The minimum absolute atomic E-state index is 0.00848. The number of ether oxygens (including phenoxy) is 2. The van der Waals surface area contributed by atoms with E-state index in [1.165, 1.54) is 24.5 Å². The van der Waals surface area contributed by atoms with Crippen molar-refractivity contribution in [3.8, 4) is 29.4 Å². The van der Waals surface area contributed by atoms with Crippen LogP contribution < -0.4 is 10.1 Å². The Hall–Kier alpha value is -5.18. The fraction of sp³-hybridized carbons (Fsp3) is 0.312. The average Bonchev–Trinajstić information content (AvgIpc) is 3.42. The lowest BCUT2D eigenvalue weighted by Gasteiger charge is -2.35. The van der Waals surface area contributed by atoms with Gasteiger partial charge in [-0.25, -0.2) is 19.2 Å². The number of fused-ring (bicyclic) bond motifs is 1. The number of imidazole rings is 1. The van der Waals surface area contributed by atoms with E-state index in [0.29, 0.717) is 54.6 Å². The summed E-state index contributed by atoms with van der Waals surface area (Å²) in [6.07, 6.45) is 9.30. The number of aryl methyl sites for hydroxylation is 1. The lowest BCUT2D eigenvalue weighted by atomic mass is 10.1. The Morgan fingerprint density at radius 2 is 1.77 bits per heavy atom. The van der Waals surface area contributed by atoms with Gasteiger partial charge in [0.05, 0.1) is 11.9 Å². The predicted molar refractivity (Wildman–Crippen MR) is 161 cm³/mol. The van der Waals surface area contributed by atoms with Gasteiger partial charge >= 0.3 is 6.09 Å². The molecule has 2 amide bonds. The van der Waals surface area contributed by atoms with E-state index >= 15 is 0 Å². The third-order valence-corrected chi connectivity index (χ3v) is 7.00. The molecule has 5 rings (SSSR count). The molecule has 228 valence electrons. The molecule has 0 aliphatic carbocycles. The molecule has 3 heterocycles. The number of benzene rings is 2. The van der Waals surface area contributed by atoms with Gasteiger partial charge in [0, 0.05) is 55.4 Å². The molecule has 0 saturated carbocycles. The number of piperazine rings is 1. The molecule has 1 aliphatic rings. The Morgan fingerprint density at radius 1 is 1.05 bits per heavy atom. The largest absolute Gasteiger partial charge is 0.478 e. The molecule has 1 aliphatic heterocycles. The molecule has 1 fully saturated rings. The van der Waals surface area contributed by atoms with E-state index in [0.717, 1.165) is 5.56 Å². The van der Waals surface area contributed by atoms with E-state index in [9.17, 15) is 18.4 Å². The summed E-state index contributed by atoms with van der Waals surface area (Å²) in [7, 11) is 0. The van der Waals surface area contributed by atoms with Crippen LogP contribution in [-0.2, 0) is 4.74 Å². The molecule has 10 nitrogen and oxygen atoms in total. The number of halogens is 2. The molecular weight excluding hydrogens is 570 g/mol. The Bertz CT molecular complexity index is 1770. The highest BCUT2D eigenvalue weighted by molar-refractivity contribution is 5.96. The normalized spacial score (nSPS) is 13.5. The highest BCUT2D eigenvalue weighted by atomic mass is 19.2. The van der Waals surface area contributed by atoms with E-state index in [1.807, 2.05) is 33.8 Å². The number of carbonyl (C=O) groups excluding carboxylic acids is 2. The first-order valence-corrected chi connectivity index (χ1v) is 14.0. The molecule has 44 heavy (non-hydrogen) atoms. The molecule has 12 heteroatoms. The lowest BCUT2D eigenvalue weighted by molar-refractivity contribution is 0.0140. The second kappa shape index (κ2) is 12.2. The van der Waals surface area contributed by atoms with E-state index in [4.69, 9.17) is 15.9 Å². The zero-order valence-electron chi connectivity index (χ0n) is 24.9. The smallest absolute Gasteiger partial charge is 0.410 e. The zero-order valence-corrected chi connectivity index (χ0v) is 24.9. The zero-order chi connectivity index (χ0) is 31.6. The minimum Gasteiger partial charge on any atom is -0.478 e. The van der Waals surface area contributed by atoms with Crippen LogP contribution in [0.5, 0.6) is 5.75 Å². The summed E-state index contributed by atoms with van der Waals surface area (Å²) in [4.78, 5) is 37.8. The van der Waals surface area contributed by atoms with Crippen LogP contribution in [0.25, 0.3) is 16.9 Å². The standard InChI is InChI=1S/C32H32F2N6O4/c1-6-17-43-25-10-9-23(26(33)27(25)34)24-19-36-29-28(35-11-12-40(24)29)37-21-7-8-22(20(2)18-21)30(41)38-13-15-39(16-14-38)31(42)44-32(3,4)5/h1,7-12,18-19H,13-17H2,2-5H3,(H,35,37). The Kier molecular flexibility index (Phi) is 8.40. The molecule has 2 aromatic heterocycles. The summed E-state index contributed by atoms with van der Waals surface area (Å²) in [5.74, 6) is -0.0324. The molecule has 1 saturated heterocycles. The van der Waals surface area contributed by atoms with Crippen molar-refractivity contribution in [2.24, 2.45) is 0 Å². The highest BCUT2D eigenvalue weighted by Gasteiger charge is 2.28. The Morgan fingerprint density at radius 3 is 2.45 bits per heavy atom. The van der Waals surface area contributed by atoms with Crippen LogP contribution in [0.3, 0.4) is 0 Å². The lowest BCUT2D eigenvalue weighted by Crippen LogP contribution is -2.51. The summed E-state index contributed by atoms with van der Waals surface area (Å²) in [6, 6.07) is 8.04. The monoisotopic (exact) mass is 602 g/mol. The van der Waals surface area contributed by atoms with Crippen molar-refractivity contribution < 1.29 is 27.8 Å². The van der Waals surface area contributed by atoms with Gasteiger partial charge in [-0.2, -0.15) is 4.39 Å². The maximum Gasteiger partial charge on any atom is 0.410 e. The fourth-order valence-electron chi connectivity index (χ4n) is 4.87. The quantitative estimate of drug-likeness (QED) is 0.294. The maximum atomic E-state index is 15.0. The van der Waals surface area contributed by atoms with Crippen molar-refractivity contribution in [3.05, 3.63) is 71.7 Å². The number of terminal acetylenes is 1. The third kappa shape index (κ3) is 6.27. The van der Waals surface area contributed by atoms with Crippen molar-refractivity contribution in [1.82, 2.24) is 24.2 Å². The first kappa shape index (κ1) is 30.3. The number of anilines is 2. The number of hydrogen-bond acceptors (Lipinski definition) is 7. The van der Waals surface area contributed by atoms with Crippen LogP contribution in [0, 0.1) is 30.9 Å². The second-order valence-corrected chi connectivity index (χ2v) is 11.3. The molecule has 0 bridgehead atoms. The van der Waals surface area contributed by atoms with Crippen LogP contribution >= 0.6 is 0 Å². The molecule has 0 atom stereocenters. The van der Waals surface area contributed by atoms with E-state index in [2.05, 4.69) is 21.2 Å². The van der Waals surface area contributed by atoms with Crippen molar-refractivity contribution in [2.75, 3.05) is 38.1 Å². The van der Waals surface area contributed by atoms with Gasteiger partial charge in [-0.15, -0.1) is 6.42 Å². The second-order valence-electron chi connectivity index (χ2n) is 11.3. The Balaban J connectivity index is 1.30. The number of nitrogens with zero attached hydrogens (tertiary/aromatic N) is 5. The highest BCUT2D eigenvalue weighted by Crippen LogP contribution is 2.32. The summed E-state index contributed by atoms with van der Waals surface area (Å²) in [5, 5.41) is 3.21. The van der Waals surface area contributed by atoms with E-state index in [-0.39, 0.29) is 29.9 Å². The van der Waals surface area contributed by atoms with Crippen molar-refractivity contribution >= 4 is 29.2 Å². The number of hydrogen-bond donors (Lipinski definition) is 1.